The highest BCUT2D eigenvalue weighted by Gasteiger charge is 2.23. The average Bonchev–Trinajstić information content (AvgIpc) is 3.23. The van der Waals surface area contributed by atoms with Gasteiger partial charge in [0.1, 0.15) is 12.4 Å². The molecule has 0 aliphatic rings. The molecule has 0 aliphatic carbocycles. The van der Waals surface area contributed by atoms with Gasteiger partial charge in [-0.3, -0.25) is 9.59 Å². The molecule has 0 unspecified atom stereocenters. The third kappa shape index (κ3) is 7.16. The molecule has 2 aromatic carbocycles. The molecule has 0 spiro atoms. The molecule has 0 fully saturated rings. The summed E-state index contributed by atoms with van der Waals surface area (Å²) in [6, 6.07) is 16.5. The van der Waals surface area contributed by atoms with Gasteiger partial charge < -0.3 is 15.0 Å². The molecule has 0 aliphatic heterocycles. The number of halogens is 1. The summed E-state index contributed by atoms with van der Waals surface area (Å²) < 4.78 is 6.86. The molecule has 1 N–H and O–H groups in total. The lowest BCUT2D eigenvalue weighted by Crippen LogP contribution is -2.39. The fourth-order valence-electron chi connectivity index (χ4n) is 3.50. The minimum absolute atomic E-state index is 0.102. The third-order valence-corrected chi connectivity index (χ3v) is 5.77. The Morgan fingerprint density at radius 3 is 2.34 bits per heavy atom. The standard InChI is InChI=1S/C27H33ClN4O3/c1-19-7-13-22(14-8-19)32-24(17-23(30-32)27(2,3)4)29-25(33)18-31(15-6-16-35-5)26(34)20-9-11-21(28)12-10-20/h7-14,17H,6,15-16,18H2,1-5H3,(H,29,33). The van der Waals surface area contributed by atoms with Gasteiger partial charge in [-0.15, -0.1) is 0 Å². The predicted molar refractivity (Wildman–Crippen MR) is 139 cm³/mol. The number of hydrogen-bond donors (Lipinski definition) is 1. The van der Waals surface area contributed by atoms with Crippen LogP contribution in [0.25, 0.3) is 5.69 Å². The van der Waals surface area contributed by atoms with E-state index in [4.69, 9.17) is 21.4 Å². The monoisotopic (exact) mass is 496 g/mol. The van der Waals surface area contributed by atoms with E-state index in [0.717, 1.165) is 16.9 Å². The van der Waals surface area contributed by atoms with Crippen molar-refractivity contribution in [2.24, 2.45) is 0 Å². The number of benzene rings is 2. The van der Waals surface area contributed by atoms with Gasteiger partial charge in [0.15, 0.2) is 0 Å². The van der Waals surface area contributed by atoms with Crippen molar-refractivity contribution in [3.8, 4) is 5.69 Å². The summed E-state index contributed by atoms with van der Waals surface area (Å²) >= 11 is 5.97. The summed E-state index contributed by atoms with van der Waals surface area (Å²) in [4.78, 5) is 27.8. The van der Waals surface area contributed by atoms with Crippen molar-refractivity contribution in [3.63, 3.8) is 0 Å². The van der Waals surface area contributed by atoms with Crippen LogP contribution >= 0.6 is 11.6 Å². The van der Waals surface area contributed by atoms with E-state index in [1.807, 2.05) is 37.3 Å². The average molecular weight is 497 g/mol. The summed E-state index contributed by atoms with van der Waals surface area (Å²) in [7, 11) is 1.61. The Hall–Kier alpha value is -3.16. The highest BCUT2D eigenvalue weighted by atomic mass is 35.5. The van der Waals surface area contributed by atoms with Gasteiger partial charge in [-0.25, -0.2) is 4.68 Å². The van der Waals surface area contributed by atoms with E-state index in [-0.39, 0.29) is 23.8 Å². The maximum atomic E-state index is 13.1. The van der Waals surface area contributed by atoms with Crippen LogP contribution < -0.4 is 5.32 Å². The number of hydrogen-bond acceptors (Lipinski definition) is 4. The number of aromatic nitrogens is 2. The second-order valence-electron chi connectivity index (χ2n) is 9.54. The molecule has 0 saturated heterocycles. The van der Waals surface area contributed by atoms with Gasteiger partial charge in [0.25, 0.3) is 5.91 Å². The Morgan fingerprint density at radius 1 is 1.09 bits per heavy atom. The first-order valence-corrected chi connectivity index (χ1v) is 12.0. The smallest absolute Gasteiger partial charge is 0.254 e. The van der Waals surface area contributed by atoms with Crippen molar-refractivity contribution < 1.29 is 14.3 Å². The van der Waals surface area contributed by atoms with Crippen molar-refractivity contribution in [2.75, 3.05) is 32.1 Å². The zero-order chi connectivity index (χ0) is 25.6. The van der Waals surface area contributed by atoms with Gasteiger partial charge in [0, 0.05) is 42.3 Å². The number of rotatable bonds is 9. The number of methoxy groups -OCH3 is 1. The second kappa shape index (κ2) is 11.5. The lowest BCUT2D eigenvalue weighted by Gasteiger charge is -2.22. The Kier molecular flexibility index (Phi) is 8.70. The van der Waals surface area contributed by atoms with E-state index in [0.29, 0.717) is 36.0 Å². The molecule has 0 bridgehead atoms. The van der Waals surface area contributed by atoms with E-state index in [1.54, 1.807) is 36.1 Å². The number of amides is 2. The maximum absolute atomic E-state index is 13.1. The van der Waals surface area contributed by atoms with Gasteiger partial charge in [0.2, 0.25) is 5.91 Å². The maximum Gasteiger partial charge on any atom is 0.254 e. The zero-order valence-corrected chi connectivity index (χ0v) is 21.7. The fourth-order valence-corrected chi connectivity index (χ4v) is 3.63. The van der Waals surface area contributed by atoms with Gasteiger partial charge in [-0.2, -0.15) is 5.10 Å². The molecule has 3 rings (SSSR count). The molecule has 0 atom stereocenters. The van der Waals surface area contributed by atoms with Crippen LogP contribution in [-0.4, -0.2) is 53.3 Å². The number of nitrogens with zero attached hydrogens (tertiary/aromatic N) is 3. The third-order valence-electron chi connectivity index (χ3n) is 5.51. The van der Waals surface area contributed by atoms with Gasteiger partial charge in [0.05, 0.1) is 11.4 Å². The first-order valence-electron chi connectivity index (χ1n) is 11.6. The number of carbonyl (C=O) groups is 2. The SMILES string of the molecule is COCCCN(CC(=O)Nc1cc(C(C)(C)C)nn1-c1ccc(C)cc1)C(=O)c1ccc(Cl)cc1. The Labute approximate surface area is 212 Å². The summed E-state index contributed by atoms with van der Waals surface area (Å²) in [6.07, 6.45) is 0.610. The zero-order valence-electron chi connectivity index (χ0n) is 21.0. The molecule has 0 radical (unpaired) electrons. The highest BCUT2D eigenvalue weighted by molar-refractivity contribution is 6.30. The van der Waals surface area contributed by atoms with E-state index in [2.05, 4.69) is 26.1 Å². The van der Waals surface area contributed by atoms with Crippen molar-refractivity contribution in [1.82, 2.24) is 14.7 Å². The quantitative estimate of drug-likeness (QED) is 0.410. The van der Waals surface area contributed by atoms with E-state index in [9.17, 15) is 9.59 Å². The van der Waals surface area contributed by atoms with Crippen molar-refractivity contribution in [3.05, 3.63) is 76.4 Å². The number of anilines is 1. The number of aryl methyl sites for hydroxylation is 1. The molecule has 1 heterocycles. The topological polar surface area (TPSA) is 76.5 Å². The van der Waals surface area contributed by atoms with Crippen LogP contribution in [0.4, 0.5) is 5.82 Å². The summed E-state index contributed by atoms with van der Waals surface area (Å²) in [6.45, 7) is 9.00. The Bertz CT molecular complexity index is 1150. The van der Waals surface area contributed by atoms with Crippen LogP contribution in [0.15, 0.2) is 54.6 Å². The van der Waals surface area contributed by atoms with Gasteiger partial charge in [-0.05, 0) is 49.7 Å². The Morgan fingerprint density at radius 2 is 1.74 bits per heavy atom. The number of carbonyl (C=O) groups excluding carboxylic acids is 2. The van der Waals surface area contributed by atoms with Crippen LogP contribution in [-0.2, 0) is 14.9 Å². The largest absolute Gasteiger partial charge is 0.385 e. The number of nitrogens with one attached hydrogen (secondary N) is 1. The van der Waals surface area contributed by atoms with Crippen LogP contribution in [0.2, 0.25) is 5.02 Å². The molecule has 0 saturated carbocycles. The minimum Gasteiger partial charge on any atom is -0.385 e. The Balaban J connectivity index is 1.84. The molecule has 3 aromatic rings. The summed E-state index contributed by atoms with van der Waals surface area (Å²) in [5, 5.41) is 8.27. The van der Waals surface area contributed by atoms with E-state index < -0.39 is 0 Å². The first kappa shape index (κ1) is 26.4. The predicted octanol–water partition coefficient (Wildman–Crippen LogP) is 5.25. The van der Waals surface area contributed by atoms with Crippen LogP contribution in [0.5, 0.6) is 0 Å². The molecule has 35 heavy (non-hydrogen) atoms. The fraction of sp³-hybridized carbons (Fsp3) is 0.370. The second-order valence-corrected chi connectivity index (χ2v) is 9.98. The summed E-state index contributed by atoms with van der Waals surface area (Å²) in [5.41, 5.74) is 3.10. The lowest BCUT2D eigenvalue weighted by atomic mass is 9.92. The molecule has 186 valence electrons. The van der Waals surface area contributed by atoms with E-state index in [1.165, 1.54) is 4.90 Å². The van der Waals surface area contributed by atoms with Crippen LogP contribution in [0.3, 0.4) is 0 Å². The molecule has 7 nitrogen and oxygen atoms in total. The van der Waals surface area contributed by atoms with Gasteiger partial charge in [-0.1, -0.05) is 50.1 Å². The first-order chi connectivity index (χ1) is 16.6. The number of ether oxygens (including phenoxy) is 1. The highest BCUT2D eigenvalue weighted by Crippen LogP contribution is 2.26. The van der Waals surface area contributed by atoms with Crippen LogP contribution in [0, 0.1) is 6.92 Å². The van der Waals surface area contributed by atoms with Crippen molar-refractivity contribution >= 4 is 29.2 Å². The van der Waals surface area contributed by atoms with Crippen molar-refractivity contribution in [2.45, 2.75) is 39.5 Å². The molecule has 2 amide bonds. The molecular formula is C27H33ClN4O3. The molecular weight excluding hydrogens is 464 g/mol. The normalized spacial score (nSPS) is 11.4. The lowest BCUT2D eigenvalue weighted by molar-refractivity contribution is -0.117. The molecule has 8 heteroatoms. The summed E-state index contributed by atoms with van der Waals surface area (Å²) in [5.74, 6) is 0.00774. The van der Waals surface area contributed by atoms with E-state index >= 15 is 0 Å². The molecule has 1 aromatic heterocycles. The van der Waals surface area contributed by atoms with Gasteiger partial charge >= 0.3 is 0 Å². The van der Waals surface area contributed by atoms with Crippen LogP contribution in [0.1, 0.15) is 48.8 Å². The minimum atomic E-state index is -0.307. The van der Waals surface area contributed by atoms with Crippen molar-refractivity contribution in [1.29, 1.82) is 0 Å².